The molecule has 0 bridgehead atoms. The molecule has 0 aliphatic rings. The van der Waals surface area contributed by atoms with Gasteiger partial charge in [0.15, 0.2) is 0 Å². The predicted octanol–water partition coefficient (Wildman–Crippen LogP) is 3.29. The maximum absolute atomic E-state index is 12.9. The molecule has 0 saturated carbocycles. The van der Waals surface area contributed by atoms with Crippen LogP contribution in [-0.4, -0.2) is 20.8 Å². The number of rotatable bonds is 4. The fraction of sp³-hybridized carbons (Fsp3) is 0.118. The van der Waals surface area contributed by atoms with Gasteiger partial charge in [-0.05, 0) is 48.9 Å². The van der Waals surface area contributed by atoms with Crippen LogP contribution in [0.1, 0.15) is 18.5 Å². The maximum Gasteiger partial charge on any atom is 0.319 e. The molecule has 3 rings (SSSR count). The molecule has 0 spiro atoms. The van der Waals surface area contributed by atoms with E-state index >= 15 is 0 Å². The average molecular weight is 325 g/mol. The molecule has 0 saturated heterocycles. The Morgan fingerprint density at radius 3 is 2.46 bits per heavy atom. The molecule has 122 valence electrons. The minimum Gasteiger partial charge on any atom is -0.331 e. The third-order valence-electron chi connectivity index (χ3n) is 3.53. The normalized spacial score (nSPS) is 11.8. The van der Waals surface area contributed by atoms with Crippen LogP contribution in [0.5, 0.6) is 0 Å². The number of carbonyl (C=O) groups excluding carboxylic acids is 1. The molecule has 0 fully saturated rings. The van der Waals surface area contributed by atoms with E-state index in [1.807, 2.05) is 31.2 Å². The first-order chi connectivity index (χ1) is 11.6. The highest BCUT2D eigenvalue weighted by Crippen LogP contribution is 2.15. The first-order valence-electron chi connectivity index (χ1n) is 7.40. The SMILES string of the molecule is CC(NC(=O)Nc1ccc(F)cc1)c1ccc(-n2cncn2)cc1. The van der Waals surface area contributed by atoms with Gasteiger partial charge in [0.25, 0.3) is 0 Å². The molecule has 0 radical (unpaired) electrons. The number of benzene rings is 2. The van der Waals surface area contributed by atoms with Crippen LogP contribution in [0.15, 0.2) is 61.2 Å². The van der Waals surface area contributed by atoms with Crippen molar-refractivity contribution in [3.05, 3.63) is 72.6 Å². The molecule has 2 N–H and O–H groups in total. The average Bonchev–Trinajstić information content (AvgIpc) is 3.11. The number of hydrogen-bond donors (Lipinski definition) is 2. The molecule has 2 amide bonds. The maximum atomic E-state index is 12.9. The van der Waals surface area contributed by atoms with Crippen LogP contribution in [0.2, 0.25) is 0 Å². The van der Waals surface area contributed by atoms with Crippen LogP contribution in [0.4, 0.5) is 14.9 Å². The van der Waals surface area contributed by atoms with Gasteiger partial charge in [-0.1, -0.05) is 12.1 Å². The van der Waals surface area contributed by atoms with Crippen molar-refractivity contribution >= 4 is 11.7 Å². The number of urea groups is 1. The minimum atomic E-state index is -0.352. The van der Waals surface area contributed by atoms with E-state index in [1.54, 1.807) is 11.0 Å². The van der Waals surface area contributed by atoms with E-state index in [2.05, 4.69) is 20.7 Å². The Hall–Kier alpha value is -3.22. The number of carbonyl (C=O) groups is 1. The monoisotopic (exact) mass is 325 g/mol. The Morgan fingerprint density at radius 2 is 1.83 bits per heavy atom. The van der Waals surface area contributed by atoms with Crippen LogP contribution in [-0.2, 0) is 0 Å². The summed E-state index contributed by atoms with van der Waals surface area (Å²) in [5, 5.41) is 9.56. The summed E-state index contributed by atoms with van der Waals surface area (Å²) in [6.07, 6.45) is 3.09. The van der Waals surface area contributed by atoms with Crippen molar-refractivity contribution in [1.82, 2.24) is 20.1 Å². The number of nitrogens with one attached hydrogen (secondary N) is 2. The minimum absolute atomic E-state index is 0.185. The van der Waals surface area contributed by atoms with Gasteiger partial charge in [-0.25, -0.2) is 18.9 Å². The van der Waals surface area contributed by atoms with Gasteiger partial charge in [-0.3, -0.25) is 0 Å². The second-order valence-electron chi connectivity index (χ2n) is 5.26. The molecule has 7 heteroatoms. The third-order valence-corrected chi connectivity index (χ3v) is 3.53. The van der Waals surface area contributed by atoms with Crippen molar-refractivity contribution in [3.8, 4) is 5.69 Å². The summed E-state index contributed by atoms with van der Waals surface area (Å²) in [7, 11) is 0. The first kappa shape index (κ1) is 15.7. The van der Waals surface area contributed by atoms with Gasteiger partial charge in [0.05, 0.1) is 11.7 Å². The highest BCUT2D eigenvalue weighted by atomic mass is 19.1. The van der Waals surface area contributed by atoms with Crippen LogP contribution in [0.25, 0.3) is 5.69 Å². The van der Waals surface area contributed by atoms with E-state index < -0.39 is 0 Å². The number of hydrogen-bond acceptors (Lipinski definition) is 3. The van der Waals surface area contributed by atoms with Gasteiger partial charge in [0, 0.05) is 5.69 Å². The smallest absolute Gasteiger partial charge is 0.319 e. The summed E-state index contributed by atoms with van der Waals surface area (Å²) in [5.41, 5.74) is 2.37. The van der Waals surface area contributed by atoms with Gasteiger partial charge < -0.3 is 10.6 Å². The first-order valence-corrected chi connectivity index (χ1v) is 7.40. The van der Waals surface area contributed by atoms with Gasteiger partial charge in [0.1, 0.15) is 18.5 Å². The van der Waals surface area contributed by atoms with E-state index in [4.69, 9.17) is 0 Å². The molecule has 24 heavy (non-hydrogen) atoms. The summed E-state index contributed by atoms with van der Waals surface area (Å²) >= 11 is 0. The van der Waals surface area contributed by atoms with E-state index in [1.165, 1.54) is 30.6 Å². The van der Waals surface area contributed by atoms with Crippen molar-refractivity contribution < 1.29 is 9.18 Å². The largest absolute Gasteiger partial charge is 0.331 e. The third kappa shape index (κ3) is 3.75. The lowest BCUT2D eigenvalue weighted by Crippen LogP contribution is -2.31. The molecule has 1 atom stereocenters. The summed E-state index contributed by atoms with van der Waals surface area (Å²) in [6.45, 7) is 1.88. The van der Waals surface area contributed by atoms with Crippen LogP contribution in [0, 0.1) is 5.82 Å². The fourth-order valence-corrected chi connectivity index (χ4v) is 2.24. The van der Waals surface area contributed by atoms with Crippen LogP contribution in [0.3, 0.4) is 0 Å². The zero-order valence-corrected chi connectivity index (χ0v) is 13.0. The lowest BCUT2D eigenvalue weighted by molar-refractivity contribution is 0.249. The molecule has 6 nitrogen and oxygen atoms in total. The van der Waals surface area contributed by atoms with Crippen molar-refractivity contribution in [1.29, 1.82) is 0 Å². The van der Waals surface area contributed by atoms with Crippen molar-refractivity contribution in [3.63, 3.8) is 0 Å². The number of amides is 2. The van der Waals surface area contributed by atoms with Gasteiger partial charge in [-0.2, -0.15) is 5.10 Å². The second-order valence-corrected chi connectivity index (χ2v) is 5.26. The van der Waals surface area contributed by atoms with Crippen molar-refractivity contribution in [2.75, 3.05) is 5.32 Å². The molecule has 0 aliphatic carbocycles. The second kappa shape index (κ2) is 6.91. The van der Waals surface area contributed by atoms with Crippen molar-refractivity contribution in [2.45, 2.75) is 13.0 Å². The summed E-state index contributed by atoms with van der Waals surface area (Å²) in [4.78, 5) is 15.9. The molecule has 3 aromatic rings. The zero-order chi connectivity index (χ0) is 16.9. The number of anilines is 1. The lowest BCUT2D eigenvalue weighted by atomic mass is 10.1. The zero-order valence-electron chi connectivity index (χ0n) is 13.0. The summed E-state index contributed by atoms with van der Waals surface area (Å²) in [6, 6.07) is 12.7. The highest BCUT2D eigenvalue weighted by Gasteiger charge is 2.10. The standard InChI is InChI=1S/C17H16FN5O/c1-12(21-17(24)22-15-6-4-14(18)5-7-15)13-2-8-16(9-3-13)23-11-19-10-20-23/h2-12H,1H3,(H2,21,22,24). The Labute approximate surface area is 138 Å². The number of nitrogens with zero attached hydrogens (tertiary/aromatic N) is 3. The molecule has 1 unspecified atom stereocenters. The number of aromatic nitrogens is 3. The fourth-order valence-electron chi connectivity index (χ4n) is 2.24. The van der Waals surface area contributed by atoms with Gasteiger partial charge >= 0.3 is 6.03 Å². The molecular weight excluding hydrogens is 309 g/mol. The lowest BCUT2D eigenvalue weighted by Gasteiger charge is -2.15. The van der Waals surface area contributed by atoms with Crippen LogP contribution < -0.4 is 10.6 Å². The summed E-state index contributed by atoms with van der Waals surface area (Å²) in [5.74, 6) is -0.346. The Morgan fingerprint density at radius 1 is 1.12 bits per heavy atom. The molecular formula is C17H16FN5O. The van der Waals surface area contributed by atoms with E-state index in [0.717, 1.165) is 11.3 Å². The highest BCUT2D eigenvalue weighted by molar-refractivity contribution is 5.89. The summed E-state index contributed by atoms with van der Waals surface area (Å²) < 4.78 is 14.5. The van der Waals surface area contributed by atoms with Gasteiger partial charge in [-0.15, -0.1) is 0 Å². The Kier molecular flexibility index (Phi) is 4.51. The predicted molar refractivity (Wildman–Crippen MR) is 88.3 cm³/mol. The molecule has 0 aliphatic heterocycles. The topological polar surface area (TPSA) is 71.8 Å². The Balaban J connectivity index is 1.60. The molecule has 2 aromatic carbocycles. The molecule has 1 aromatic heterocycles. The molecule has 1 heterocycles. The van der Waals surface area contributed by atoms with E-state index in [0.29, 0.717) is 5.69 Å². The van der Waals surface area contributed by atoms with Gasteiger partial charge in [0.2, 0.25) is 0 Å². The van der Waals surface area contributed by atoms with E-state index in [-0.39, 0.29) is 17.9 Å². The van der Waals surface area contributed by atoms with Crippen molar-refractivity contribution in [2.24, 2.45) is 0 Å². The Bertz CT molecular complexity index is 800. The van der Waals surface area contributed by atoms with Crippen LogP contribution >= 0.6 is 0 Å². The van der Waals surface area contributed by atoms with E-state index in [9.17, 15) is 9.18 Å². The quantitative estimate of drug-likeness (QED) is 0.773. The number of halogens is 1.